The molecule has 160 valence electrons. The molecule has 0 radical (unpaired) electrons. The summed E-state index contributed by atoms with van der Waals surface area (Å²) in [6.07, 6.45) is 17.5. The minimum absolute atomic E-state index is 0.167. The molecule has 4 heteroatoms. The zero-order valence-corrected chi connectivity index (χ0v) is 18.3. The monoisotopic (exact) mass is 436 g/mol. The third-order valence-electron chi connectivity index (χ3n) is 7.22. The largest absolute Gasteiger partial charge is 0.355 e. The molecule has 2 atom stereocenters. The summed E-state index contributed by atoms with van der Waals surface area (Å²) >= 11 is 0. The summed E-state index contributed by atoms with van der Waals surface area (Å²) in [5.41, 5.74) is 13.6. The molecule has 2 aliphatic heterocycles. The van der Waals surface area contributed by atoms with E-state index in [1.54, 1.807) is 0 Å². The Morgan fingerprint density at radius 1 is 0.618 bits per heavy atom. The summed E-state index contributed by atoms with van der Waals surface area (Å²) in [6.45, 7) is 0. The van der Waals surface area contributed by atoms with E-state index >= 15 is 0 Å². The van der Waals surface area contributed by atoms with Crippen LogP contribution in [0.25, 0.3) is 39.8 Å². The number of hydrogen-bond acceptors (Lipinski definition) is 2. The predicted octanol–water partition coefficient (Wildman–Crippen LogP) is 6.64. The summed E-state index contributed by atoms with van der Waals surface area (Å²) in [5.74, 6) is 0.493. The zero-order valence-electron chi connectivity index (χ0n) is 18.3. The van der Waals surface area contributed by atoms with Crippen molar-refractivity contribution in [1.82, 2.24) is 19.9 Å². The van der Waals surface area contributed by atoms with Crippen LogP contribution in [-0.2, 0) is 0 Å². The molecule has 0 amide bonds. The van der Waals surface area contributed by atoms with Crippen LogP contribution < -0.4 is 0 Å². The lowest BCUT2D eigenvalue weighted by atomic mass is 9.80. The maximum absolute atomic E-state index is 5.18. The summed E-state index contributed by atoms with van der Waals surface area (Å²) in [6, 6.07) is 17.0. The minimum atomic E-state index is 0.167. The van der Waals surface area contributed by atoms with E-state index in [0.717, 1.165) is 44.8 Å². The summed E-state index contributed by atoms with van der Waals surface area (Å²) in [4.78, 5) is 17.0. The Morgan fingerprint density at radius 3 is 2.15 bits per heavy atom. The Bertz CT molecular complexity index is 1760. The number of nitrogens with zero attached hydrogens (tertiary/aromatic N) is 2. The van der Waals surface area contributed by atoms with Crippen molar-refractivity contribution in [3.63, 3.8) is 0 Å². The lowest BCUT2D eigenvalue weighted by Gasteiger charge is -2.23. The van der Waals surface area contributed by atoms with Gasteiger partial charge >= 0.3 is 0 Å². The Morgan fingerprint density at radius 2 is 1.32 bits per heavy atom. The predicted molar refractivity (Wildman–Crippen MR) is 138 cm³/mol. The second kappa shape index (κ2) is 6.55. The molecule has 8 rings (SSSR count). The molecule has 5 heterocycles. The molecule has 0 fully saturated rings. The van der Waals surface area contributed by atoms with Crippen molar-refractivity contribution in [2.75, 3.05) is 0 Å². The summed E-state index contributed by atoms with van der Waals surface area (Å²) < 4.78 is 0. The number of aromatic amines is 2. The number of rotatable bonds is 0. The van der Waals surface area contributed by atoms with Crippen LogP contribution in [0.1, 0.15) is 28.7 Å². The molecule has 2 N–H and O–H groups in total. The van der Waals surface area contributed by atoms with Crippen LogP contribution in [0.4, 0.5) is 0 Å². The molecule has 4 nitrogen and oxygen atoms in total. The van der Waals surface area contributed by atoms with E-state index in [1.165, 1.54) is 22.3 Å². The lowest BCUT2D eigenvalue weighted by molar-refractivity contribution is 0.838. The second-order valence-electron chi connectivity index (χ2n) is 9.32. The molecule has 0 aromatic carbocycles. The van der Waals surface area contributed by atoms with Crippen LogP contribution in [-0.4, -0.2) is 19.9 Å². The maximum Gasteiger partial charge on any atom is 0.0700 e. The first-order chi connectivity index (χ1) is 16.8. The van der Waals surface area contributed by atoms with Gasteiger partial charge in [-0.25, -0.2) is 4.98 Å². The number of hydrogen-bond donors (Lipinski definition) is 2. The molecule has 0 saturated heterocycles. The van der Waals surface area contributed by atoms with Crippen LogP contribution in [0, 0.1) is 5.92 Å². The van der Waals surface area contributed by atoms with Gasteiger partial charge in [0.05, 0.1) is 28.7 Å². The van der Waals surface area contributed by atoms with Crippen LogP contribution in [0.3, 0.4) is 0 Å². The van der Waals surface area contributed by atoms with Gasteiger partial charge in [-0.1, -0.05) is 36.5 Å². The van der Waals surface area contributed by atoms with Crippen molar-refractivity contribution in [3.05, 3.63) is 124 Å². The Labute approximate surface area is 196 Å². The van der Waals surface area contributed by atoms with Crippen molar-refractivity contribution < 1.29 is 0 Å². The SMILES string of the molecule is C1=CC2=CC=CC3=C4c5cc6nc(cc7ccc(cc8ccc(cc(n5)C4C(=C1)C23)[nH]8)[nH]7)C=C6. The van der Waals surface area contributed by atoms with Crippen LogP contribution in [0.5, 0.6) is 0 Å². The highest BCUT2D eigenvalue weighted by Gasteiger charge is 2.44. The van der Waals surface area contributed by atoms with Crippen LogP contribution >= 0.6 is 0 Å². The molecule has 5 aliphatic rings. The van der Waals surface area contributed by atoms with E-state index in [-0.39, 0.29) is 5.92 Å². The third kappa shape index (κ3) is 2.59. The highest BCUT2D eigenvalue weighted by atomic mass is 14.8. The lowest BCUT2D eigenvalue weighted by Crippen LogP contribution is -2.11. The van der Waals surface area contributed by atoms with E-state index in [0.29, 0.717) is 5.92 Å². The van der Waals surface area contributed by atoms with E-state index in [4.69, 9.17) is 9.97 Å². The van der Waals surface area contributed by atoms with Crippen molar-refractivity contribution in [2.45, 2.75) is 5.92 Å². The standard InChI is InChI=1S/C30H20N4/c1-3-17-4-2-6-25-28(17)24(5-1)29-26-15-22-11-9-20(32-22)13-18-7-8-19(31-18)14-21-10-12-23(33-21)16-27(34-26)30(25)29/h1-16,28-29,31-32H. The molecule has 0 spiro atoms. The van der Waals surface area contributed by atoms with Crippen molar-refractivity contribution in [2.24, 2.45) is 5.92 Å². The summed E-state index contributed by atoms with van der Waals surface area (Å²) in [7, 11) is 0. The minimum Gasteiger partial charge on any atom is -0.355 e. The third-order valence-corrected chi connectivity index (χ3v) is 7.22. The van der Waals surface area contributed by atoms with E-state index in [2.05, 4.69) is 107 Å². The van der Waals surface area contributed by atoms with Gasteiger partial charge in [-0.3, -0.25) is 4.98 Å². The van der Waals surface area contributed by atoms with Gasteiger partial charge in [-0.15, -0.1) is 0 Å². The van der Waals surface area contributed by atoms with Gasteiger partial charge < -0.3 is 9.97 Å². The van der Waals surface area contributed by atoms with E-state index in [9.17, 15) is 0 Å². The maximum atomic E-state index is 5.18. The van der Waals surface area contributed by atoms with E-state index < -0.39 is 0 Å². The molecular formula is C30H20N4. The van der Waals surface area contributed by atoms with Gasteiger partial charge in [0.1, 0.15) is 0 Å². The number of allylic oxidation sites excluding steroid dienone is 10. The molecule has 3 aromatic rings. The Hall–Kier alpha value is -4.44. The number of fused-ring (bicyclic) bond motifs is 12. The van der Waals surface area contributed by atoms with Gasteiger partial charge in [0.15, 0.2) is 0 Å². The van der Waals surface area contributed by atoms with Gasteiger partial charge in [0.25, 0.3) is 0 Å². The highest BCUT2D eigenvalue weighted by Crippen LogP contribution is 2.57. The van der Waals surface area contributed by atoms with E-state index in [1.807, 2.05) is 0 Å². The molecule has 8 bridgehead atoms. The fraction of sp³-hybridized carbons (Fsp3) is 0.0667. The van der Waals surface area contributed by atoms with Crippen molar-refractivity contribution in [3.8, 4) is 0 Å². The topological polar surface area (TPSA) is 57.4 Å². The quantitative estimate of drug-likeness (QED) is 0.324. The van der Waals surface area contributed by atoms with Crippen LogP contribution in [0.15, 0.2) is 102 Å². The number of H-pyrrole nitrogens is 2. The van der Waals surface area contributed by atoms with Crippen molar-refractivity contribution >= 4 is 39.8 Å². The Kier molecular flexibility index (Phi) is 3.47. The van der Waals surface area contributed by atoms with Crippen LogP contribution in [0.2, 0.25) is 0 Å². The zero-order chi connectivity index (χ0) is 22.2. The molecule has 34 heavy (non-hydrogen) atoms. The summed E-state index contributed by atoms with van der Waals surface area (Å²) in [5, 5.41) is 0. The first-order valence-corrected chi connectivity index (χ1v) is 11.7. The Balaban J connectivity index is 1.46. The molecule has 3 aliphatic carbocycles. The van der Waals surface area contributed by atoms with Gasteiger partial charge in [0, 0.05) is 28.0 Å². The number of nitrogens with one attached hydrogen (secondary N) is 2. The first kappa shape index (κ1) is 18.0. The van der Waals surface area contributed by atoms with Gasteiger partial charge in [-0.2, -0.15) is 0 Å². The smallest absolute Gasteiger partial charge is 0.0700 e. The number of aromatic nitrogens is 4. The second-order valence-corrected chi connectivity index (χ2v) is 9.32. The molecule has 2 unspecified atom stereocenters. The van der Waals surface area contributed by atoms with Crippen molar-refractivity contribution in [1.29, 1.82) is 0 Å². The molecule has 3 aromatic heterocycles. The molecule has 0 saturated carbocycles. The fourth-order valence-electron chi connectivity index (χ4n) is 5.85. The molecular weight excluding hydrogens is 416 g/mol. The fourth-order valence-corrected chi connectivity index (χ4v) is 5.85. The van der Waals surface area contributed by atoms with Gasteiger partial charge in [0.2, 0.25) is 0 Å². The highest BCUT2D eigenvalue weighted by molar-refractivity contribution is 5.88. The average molecular weight is 437 g/mol. The average Bonchev–Trinajstić information content (AvgIpc) is 3.65. The normalized spacial score (nSPS) is 21.4. The van der Waals surface area contributed by atoms with Gasteiger partial charge in [-0.05, 0) is 83.0 Å². The first-order valence-electron chi connectivity index (χ1n) is 11.7.